The number of ketones is 1. The van der Waals surface area contributed by atoms with Crippen molar-refractivity contribution in [2.45, 2.75) is 19.4 Å². The molecule has 1 aliphatic heterocycles. The molecule has 3 rings (SSSR count). The number of aromatic hydroxyl groups is 1. The number of hydrogen-bond acceptors (Lipinski definition) is 5. The van der Waals surface area contributed by atoms with Crippen LogP contribution in [0.4, 0.5) is 4.39 Å². The molecule has 0 saturated heterocycles. The molecule has 7 heteroatoms. The molecule has 5 nitrogen and oxygen atoms in total. The van der Waals surface area contributed by atoms with E-state index in [0.29, 0.717) is 16.9 Å². The van der Waals surface area contributed by atoms with E-state index >= 15 is 0 Å². The number of benzene rings is 2. The maximum absolute atomic E-state index is 13.6. The van der Waals surface area contributed by atoms with Crippen LogP contribution in [0.5, 0.6) is 17.2 Å². The number of hydrogen-bond donors (Lipinski definition) is 1. The van der Waals surface area contributed by atoms with Crippen LogP contribution in [0.2, 0.25) is 5.02 Å². The summed E-state index contributed by atoms with van der Waals surface area (Å²) in [4.78, 5) is 12.9. The topological polar surface area (TPSA) is 65.0 Å². The molecule has 0 amide bonds. The van der Waals surface area contributed by atoms with Gasteiger partial charge in [-0.25, -0.2) is 4.39 Å². The number of rotatable bonds is 6. The standard InChI is InChI=1S/C22H20ClFO5/c1-22(2)10-9-14-18(28-12-27-3)11-17(26)19(21(14)29-22)16(25)8-7-13-5-4-6-15(24)20(13)23/h4-11,26H,12H2,1-3H3/b8-7+. The van der Waals surface area contributed by atoms with E-state index in [1.54, 1.807) is 12.1 Å². The lowest BCUT2D eigenvalue weighted by molar-refractivity contribution is 0.0502. The number of allylic oxidation sites excluding steroid dienone is 1. The maximum atomic E-state index is 13.6. The number of fused-ring (bicyclic) bond motifs is 1. The molecule has 0 radical (unpaired) electrons. The summed E-state index contributed by atoms with van der Waals surface area (Å²) in [6.07, 6.45) is 6.19. The second-order valence-corrected chi connectivity index (χ2v) is 7.32. The molecule has 1 aliphatic rings. The SMILES string of the molecule is COCOc1cc(O)c(C(=O)/C=C/c2cccc(F)c2Cl)c2c1C=CC(C)(C)O2. The van der Waals surface area contributed by atoms with E-state index < -0.39 is 17.2 Å². The van der Waals surface area contributed by atoms with Crippen LogP contribution < -0.4 is 9.47 Å². The predicted molar refractivity (Wildman–Crippen MR) is 109 cm³/mol. The van der Waals surface area contributed by atoms with Gasteiger partial charge in [0.05, 0.1) is 10.6 Å². The van der Waals surface area contributed by atoms with Crippen molar-refractivity contribution in [1.29, 1.82) is 0 Å². The molecule has 1 heterocycles. The van der Waals surface area contributed by atoms with Crippen LogP contribution in [0.15, 0.2) is 36.4 Å². The number of halogens is 2. The highest BCUT2D eigenvalue weighted by Crippen LogP contribution is 2.44. The van der Waals surface area contributed by atoms with Crippen molar-refractivity contribution in [3.8, 4) is 17.2 Å². The maximum Gasteiger partial charge on any atom is 0.193 e. The van der Waals surface area contributed by atoms with Gasteiger partial charge in [-0.15, -0.1) is 0 Å². The van der Waals surface area contributed by atoms with Gasteiger partial charge in [0.15, 0.2) is 12.6 Å². The van der Waals surface area contributed by atoms with Gasteiger partial charge in [0, 0.05) is 13.2 Å². The zero-order valence-electron chi connectivity index (χ0n) is 16.2. The van der Waals surface area contributed by atoms with Crippen molar-refractivity contribution >= 4 is 29.5 Å². The van der Waals surface area contributed by atoms with Crippen LogP contribution >= 0.6 is 11.6 Å². The Morgan fingerprint density at radius 1 is 1.38 bits per heavy atom. The van der Waals surface area contributed by atoms with Gasteiger partial charge in [-0.1, -0.05) is 23.7 Å². The first-order valence-electron chi connectivity index (χ1n) is 8.80. The Morgan fingerprint density at radius 3 is 2.86 bits per heavy atom. The first kappa shape index (κ1) is 20.9. The lowest BCUT2D eigenvalue weighted by Crippen LogP contribution is -2.28. The zero-order chi connectivity index (χ0) is 21.2. The minimum Gasteiger partial charge on any atom is -0.507 e. The Labute approximate surface area is 173 Å². The number of phenolic OH excluding ortho intramolecular Hbond substituents is 1. The van der Waals surface area contributed by atoms with Gasteiger partial charge in [-0.05, 0) is 49.8 Å². The van der Waals surface area contributed by atoms with Gasteiger partial charge in [-0.2, -0.15) is 0 Å². The van der Waals surface area contributed by atoms with Gasteiger partial charge in [0.1, 0.15) is 34.2 Å². The zero-order valence-corrected chi connectivity index (χ0v) is 16.9. The van der Waals surface area contributed by atoms with E-state index in [1.807, 2.05) is 19.9 Å². The molecule has 0 bridgehead atoms. The molecule has 0 saturated carbocycles. The number of carbonyl (C=O) groups is 1. The normalized spacial score (nSPS) is 14.5. The van der Waals surface area contributed by atoms with E-state index in [4.69, 9.17) is 25.8 Å². The molecule has 0 spiro atoms. The molecule has 0 unspecified atom stereocenters. The Bertz CT molecular complexity index is 1010. The van der Waals surface area contributed by atoms with Crippen LogP contribution in [0.3, 0.4) is 0 Å². The first-order chi connectivity index (χ1) is 13.7. The summed E-state index contributed by atoms with van der Waals surface area (Å²) >= 11 is 5.93. The molecule has 29 heavy (non-hydrogen) atoms. The highest BCUT2D eigenvalue weighted by molar-refractivity contribution is 6.32. The lowest BCUT2D eigenvalue weighted by atomic mass is 9.96. The first-order valence-corrected chi connectivity index (χ1v) is 9.17. The fourth-order valence-electron chi connectivity index (χ4n) is 2.86. The van der Waals surface area contributed by atoms with Crippen molar-refractivity contribution in [3.05, 3.63) is 63.9 Å². The van der Waals surface area contributed by atoms with E-state index in [9.17, 15) is 14.3 Å². The summed E-state index contributed by atoms with van der Waals surface area (Å²) in [6.45, 7) is 3.61. The molecular weight excluding hydrogens is 399 g/mol. The highest BCUT2D eigenvalue weighted by atomic mass is 35.5. The minimum atomic E-state index is -0.691. The molecule has 1 N–H and O–H groups in total. The molecule has 0 aromatic heterocycles. The Balaban J connectivity index is 2.05. The van der Waals surface area contributed by atoms with Gasteiger partial charge < -0.3 is 19.3 Å². The Hall–Kier alpha value is -2.83. The summed E-state index contributed by atoms with van der Waals surface area (Å²) in [6, 6.07) is 5.63. The van der Waals surface area contributed by atoms with Gasteiger partial charge >= 0.3 is 0 Å². The van der Waals surface area contributed by atoms with E-state index in [1.165, 1.54) is 37.5 Å². The van der Waals surface area contributed by atoms with Crippen molar-refractivity contribution in [2.24, 2.45) is 0 Å². The molecule has 0 fully saturated rings. The summed E-state index contributed by atoms with van der Waals surface area (Å²) in [7, 11) is 1.47. The monoisotopic (exact) mass is 418 g/mol. The molecular formula is C22H20ClFO5. The highest BCUT2D eigenvalue weighted by Gasteiger charge is 2.30. The summed E-state index contributed by atoms with van der Waals surface area (Å²) in [5.41, 5.74) is 0.143. The van der Waals surface area contributed by atoms with E-state index in [2.05, 4.69) is 0 Å². The van der Waals surface area contributed by atoms with Gasteiger partial charge in [-0.3, -0.25) is 4.79 Å². The largest absolute Gasteiger partial charge is 0.507 e. The van der Waals surface area contributed by atoms with Crippen LogP contribution in [-0.4, -0.2) is 30.4 Å². The van der Waals surface area contributed by atoms with Crippen molar-refractivity contribution in [2.75, 3.05) is 13.9 Å². The van der Waals surface area contributed by atoms with Crippen molar-refractivity contribution < 1.29 is 28.5 Å². The van der Waals surface area contributed by atoms with Gasteiger partial charge in [0.25, 0.3) is 0 Å². The van der Waals surface area contributed by atoms with Crippen LogP contribution in [0.25, 0.3) is 12.2 Å². The predicted octanol–water partition coefficient (Wildman–Crippen LogP) is 5.25. The number of phenols is 1. The summed E-state index contributed by atoms with van der Waals surface area (Å²) < 4.78 is 30.0. The summed E-state index contributed by atoms with van der Waals surface area (Å²) in [5, 5.41) is 10.4. The fourth-order valence-corrected chi connectivity index (χ4v) is 3.05. The molecule has 2 aromatic rings. The average molecular weight is 419 g/mol. The van der Waals surface area contributed by atoms with E-state index in [-0.39, 0.29) is 28.9 Å². The molecule has 2 aromatic carbocycles. The quantitative estimate of drug-likeness (QED) is 0.394. The second-order valence-electron chi connectivity index (χ2n) is 6.94. The lowest BCUT2D eigenvalue weighted by Gasteiger charge is -2.30. The van der Waals surface area contributed by atoms with Crippen LogP contribution in [0.1, 0.15) is 35.3 Å². The Morgan fingerprint density at radius 2 is 2.14 bits per heavy atom. The fraction of sp³-hybridized carbons (Fsp3) is 0.227. The smallest absolute Gasteiger partial charge is 0.193 e. The van der Waals surface area contributed by atoms with Crippen LogP contribution in [-0.2, 0) is 4.74 Å². The van der Waals surface area contributed by atoms with Crippen LogP contribution in [0, 0.1) is 5.82 Å². The number of carbonyl (C=O) groups excluding carboxylic acids is 1. The Kier molecular flexibility index (Phi) is 5.96. The average Bonchev–Trinajstić information content (AvgIpc) is 2.66. The molecule has 0 aliphatic carbocycles. The summed E-state index contributed by atoms with van der Waals surface area (Å²) in [5.74, 6) is -0.899. The third-order valence-electron chi connectivity index (χ3n) is 4.25. The molecule has 0 atom stereocenters. The van der Waals surface area contributed by atoms with Crippen molar-refractivity contribution in [3.63, 3.8) is 0 Å². The van der Waals surface area contributed by atoms with Gasteiger partial charge in [0.2, 0.25) is 0 Å². The third kappa shape index (κ3) is 4.44. The van der Waals surface area contributed by atoms with E-state index in [0.717, 1.165) is 0 Å². The second kappa shape index (κ2) is 8.27. The van der Waals surface area contributed by atoms with Crippen molar-refractivity contribution in [1.82, 2.24) is 0 Å². The number of ether oxygens (including phenoxy) is 3. The number of methoxy groups -OCH3 is 1. The minimum absolute atomic E-state index is 0.0223. The molecule has 152 valence electrons. The third-order valence-corrected chi connectivity index (χ3v) is 4.65.